The van der Waals surface area contributed by atoms with Gasteiger partial charge < -0.3 is 9.80 Å². The molecule has 7 heteroatoms. The van der Waals surface area contributed by atoms with Gasteiger partial charge in [0.05, 0.1) is 10.8 Å². The molecule has 0 saturated carbocycles. The highest BCUT2D eigenvalue weighted by atomic mass is 32.2. The molecule has 0 spiro atoms. The molecule has 0 aliphatic carbocycles. The molecule has 1 amide bonds. The molecular formula is C20H21F3N2OS. The number of halogens is 3. The van der Waals surface area contributed by atoms with Gasteiger partial charge in [-0.15, -0.1) is 11.8 Å². The summed E-state index contributed by atoms with van der Waals surface area (Å²) in [6, 6.07) is 15.1. The molecule has 0 N–H and O–H groups in total. The number of benzene rings is 2. The van der Waals surface area contributed by atoms with E-state index >= 15 is 0 Å². The highest BCUT2D eigenvalue weighted by Gasteiger charge is 2.31. The zero-order valence-corrected chi connectivity index (χ0v) is 15.8. The molecule has 2 aromatic carbocycles. The molecule has 1 aliphatic rings. The van der Waals surface area contributed by atoms with Crippen LogP contribution >= 0.6 is 11.8 Å². The summed E-state index contributed by atoms with van der Waals surface area (Å²) in [5.41, 5.74) is -0.102. The first-order valence-electron chi connectivity index (χ1n) is 8.77. The van der Waals surface area contributed by atoms with Crippen LogP contribution in [-0.2, 0) is 11.0 Å². The minimum atomic E-state index is -4.35. The zero-order valence-electron chi connectivity index (χ0n) is 14.9. The minimum Gasteiger partial charge on any atom is -0.368 e. The van der Waals surface area contributed by atoms with E-state index in [1.807, 2.05) is 42.2 Å². The third kappa shape index (κ3) is 4.97. The van der Waals surface area contributed by atoms with Gasteiger partial charge in [0.1, 0.15) is 0 Å². The number of rotatable bonds is 4. The Kier molecular flexibility index (Phi) is 5.99. The van der Waals surface area contributed by atoms with E-state index in [0.29, 0.717) is 31.9 Å². The van der Waals surface area contributed by atoms with E-state index in [9.17, 15) is 18.0 Å². The topological polar surface area (TPSA) is 23.6 Å². The van der Waals surface area contributed by atoms with Gasteiger partial charge in [0.25, 0.3) is 0 Å². The predicted molar refractivity (Wildman–Crippen MR) is 102 cm³/mol. The van der Waals surface area contributed by atoms with Gasteiger partial charge in [0.15, 0.2) is 0 Å². The quantitative estimate of drug-likeness (QED) is 0.712. The summed E-state index contributed by atoms with van der Waals surface area (Å²) in [6.45, 7) is 3.95. The number of hydrogen-bond acceptors (Lipinski definition) is 3. The molecule has 0 unspecified atom stereocenters. The van der Waals surface area contributed by atoms with Crippen molar-refractivity contribution in [1.82, 2.24) is 4.90 Å². The van der Waals surface area contributed by atoms with Crippen LogP contribution in [0.4, 0.5) is 18.9 Å². The molecule has 1 aliphatic heterocycles. The van der Waals surface area contributed by atoms with Crippen LogP contribution in [0.1, 0.15) is 12.5 Å². The first-order chi connectivity index (χ1) is 12.8. The van der Waals surface area contributed by atoms with Crippen molar-refractivity contribution in [3.8, 4) is 0 Å². The van der Waals surface area contributed by atoms with E-state index < -0.39 is 11.7 Å². The van der Waals surface area contributed by atoms with Crippen LogP contribution in [0.3, 0.4) is 0 Å². The smallest absolute Gasteiger partial charge is 0.368 e. The number of nitrogens with zero attached hydrogens (tertiary/aromatic N) is 2. The van der Waals surface area contributed by atoms with Crippen LogP contribution < -0.4 is 4.90 Å². The maximum atomic E-state index is 12.9. The van der Waals surface area contributed by atoms with Gasteiger partial charge in [-0.1, -0.05) is 24.3 Å². The fourth-order valence-corrected chi connectivity index (χ4v) is 4.05. The van der Waals surface area contributed by atoms with Crippen LogP contribution in [0.25, 0.3) is 0 Å². The van der Waals surface area contributed by atoms with E-state index in [1.54, 1.807) is 11.0 Å². The van der Waals surface area contributed by atoms with E-state index in [-0.39, 0.29) is 11.2 Å². The Morgan fingerprint density at radius 1 is 1.00 bits per heavy atom. The van der Waals surface area contributed by atoms with Crippen LogP contribution in [0.5, 0.6) is 0 Å². The number of thioether (sulfide) groups is 1. The van der Waals surface area contributed by atoms with Crippen molar-refractivity contribution >= 4 is 23.4 Å². The Balaban J connectivity index is 1.58. The molecule has 27 heavy (non-hydrogen) atoms. The lowest BCUT2D eigenvalue weighted by Gasteiger charge is -2.37. The monoisotopic (exact) mass is 394 g/mol. The number of carbonyl (C=O) groups excluding carboxylic acids is 1. The Morgan fingerprint density at radius 2 is 1.67 bits per heavy atom. The molecule has 144 valence electrons. The van der Waals surface area contributed by atoms with E-state index in [0.717, 1.165) is 11.0 Å². The molecule has 3 rings (SSSR count). The van der Waals surface area contributed by atoms with Crippen molar-refractivity contribution in [3.05, 3.63) is 60.2 Å². The molecule has 0 bridgehead atoms. The molecule has 0 aromatic heterocycles. The predicted octanol–water partition coefficient (Wildman–Crippen LogP) is 4.53. The van der Waals surface area contributed by atoms with Gasteiger partial charge in [0.2, 0.25) is 5.91 Å². The minimum absolute atomic E-state index is 0.0625. The first-order valence-corrected chi connectivity index (χ1v) is 9.65. The number of anilines is 1. The second-order valence-corrected chi connectivity index (χ2v) is 7.85. The van der Waals surface area contributed by atoms with Crippen molar-refractivity contribution in [2.24, 2.45) is 0 Å². The molecule has 1 atom stereocenters. The average Bonchev–Trinajstić information content (AvgIpc) is 2.68. The maximum Gasteiger partial charge on any atom is 0.416 e. The summed E-state index contributed by atoms with van der Waals surface area (Å²) in [6.07, 6.45) is -4.35. The Bertz CT molecular complexity index is 774. The number of piperazine rings is 1. The Morgan fingerprint density at radius 3 is 2.30 bits per heavy atom. The number of alkyl halides is 3. The van der Waals surface area contributed by atoms with Gasteiger partial charge >= 0.3 is 6.18 Å². The highest BCUT2D eigenvalue weighted by Crippen LogP contribution is 2.32. The summed E-state index contributed by atoms with van der Waals surface area (Å²) in [5, 5.41) is -0.201. The normalized spacial score (nSPS) is 16.3. The fraction of sp³-hybridized carbons (Fsp3) is 0.350. The lowest BCUT2D eigenvalue weighted by molar-refractivity contribution is -0.137. The van der Waals surface area contributed by atoms with Crippen LogP contribution in [-0.4, -0.2) is 42.2 Å². The van der Waals surface area contributed by atoms with Crippen molar-refractivity contribution in [1.29, 1.82) is 0 Å². The number of hydrogen-bond donors (Lipinski definition) is 0. The van der Waals surface area contributed by atoms with Gasteiger partial charge in [0, 0.05) is 36.8 Å². The average molecular weight is 394 g/mol. The number of amides is 1. The molecular weight excluding hydrogens is 373 g/mol. The van der Waals surface area contributed by atoms with Crippen molar-refractivity contribution < 1.29 is 18.0 Å². The standard InChI is InChI=1S/C20H21F3N2OS/c1-15(27-18-8-3-2-4-9-18)19(26)25-12-10-24(11-13-25)17-7-5-6-16(14-17)20(21,22)23/h2-9,14-15H,10-13H2,1H3/t15-/m1/s1. The van der Waals surface area contributed by atoms with E-state index in [1.165, 1.54) is 23.9 Å². The third-order valence-corrected chi connectivity index (χ3v) is 5.63. The summed E-state index contributed by atoms with van der Waals surface area (Å²) in [7, 11) is 0. The summed E-state index contributed by atoms with van der Waals surface area (Å²) in [5.74, 6) is 0.0625. The summed E-state index contributed by atoms with van der Waals surface area (Å²) < 4.78 is 38.7. The molecule has 3 nitrogen and oxygen atoms in total. The molecule has 1 heterocycles. The third-order valence-electron chi connectivity index (χ3n) is 4.53. The van der Waals surface area contributed by atoms with Crippen molar-refractivity contribution in [2.45, 2.75) is 23.2 Å². The summed E-state index contributed by atoms with van der Waals surface area (Å²) >= 11 is 1.52. The Hall–Kier alpha value is -2.15. The molecule has 0 radical (unpaired) electrons. The van der Waals surface area contributed by atoms with Crippen molar-refractivity contribution in [3.63, 3.8) is 0 Å². The van der Waals surface area contributed by atoms with Crippen molar-refractivity contribution in [2.75, 3.05) is 31.1 Å². The first kappa shape index (κ1) is 19.6. The van der Waals surface area contributed by atoms with Gasteiger partial charge in [-0.25, -0.2) is 0 Å². The lowest BCUT2D eigenvalue weighted by atomic mass is 10.1. The SMILES string of the molecule is C[C@@H](Sc1ccccc1)C(=O)N1CCN(c2cccc(C(F)(F)F)c2)CC1. The maximum absolute atomic E-state index is 12.9. The van der Waals surface area contributed by atoms with Gasteiger partial charge in [-0.05, 0) is 37.3 Å². The lowest BCUT2D eigenvalue weighted by Crippen LogP contribution is -2.50. The van der Waals surface area contributed by atoms with E-state index in [4.69, 9.17) is 0 Å². The van der Waals surface area contributed by atoms with Gasteiger partial charge in [-0.3, -0.25) is 4.79 Å². The van der Waals surface area contributed by atoms with Crippen LogP contribution in [0, 0.1) is 0 Å². The highest BCUT2D eigenvalue weighted by molar-refractivity contribution is 8.00. The zero-order chi connectivity index (χ0) is 19.4. The second-order valence-electron chi connectivity index (χ2n) is 6.43. The van der Waals surface area contributed by atoms with Gasteiger partial charge in [-0.2, -0.15) is 13.2 Å². The molecule has 2 aromatic rings. The Labute approximate surface area is 161 Å². The van der Waals surface area contributed by atoms with Crippen LogP contribution in [0.15, 0.2) is 59.5 Å². The van der Waals surface area contributed by atoms with E-state index in [2.05, 4.69) is 0 Å². The fourth-order valence-electron chi connectivity index (χ4n) is 3.07. The molecule has 1 fully saturated rings. The van der Waals surface area contributed by atoms with Crippen LogP contribution in [0.2, 0.25) is 0 Å². The molecule has 1 saturated heterocycles. The second kappa shape index (κ2) is 8.25. The number of carbonyl (C=O) groups is 1. The largest absolute Gasteiger partial charge is 0.416 e. The summed E-state index contributed by atoms with van der Waals surface area (Å²) in [4.78, 5) is 17.4.